The molecule has 0 fully saturated rings. The van der Waals surface area contributed by atoms with Gasteiger partial charge in [0.05, 0.1) is 11.0 Å². The van der Waals surface area contributed by atoms with Gasteiger partial charge in [-0.25, -0.2) is 0 Å². The smallest absolute Gasteiger partial charge is 0.360 e. The normalized spacial score (nSPS) is 8.47. The Labute approximate surface area is 97.5 Å². The molecule has 0 atom stereocenters. The maximum absolute atomic E-state index is 8.70. The maximum atomic E-state index is 8.70. The van der Waals surface area contributed by atoms with Crippen molar-refractivity contribution in [3.05, 3.63) is 30.6 Å². The Hall–Kier alpha value is -1.27. The summed E-state index contributed by atoms with van der Waals surface area (Å²) in [5.41, 5.74) is 2.12. The van der Waals surface area contributed by atoms with Gasteiger partial charge in [0.25, 0.3) is 0 Å². The van der Waals surface area contributed by atoms with Crippen LogP contribution in [0.25, 0.3) is 11.0 Å². The van der Waals surface area contributed by atoms with Crippen molar-refractivity contribution in [2.24, 2.45) is 0 Å². The van der Waals surface area contributed by atoms with Gasteiger partial charge in [-0.05, 0) is 18.2 Å². The first-order valence-corrected chi connectivity index (χ1v) is 6.34. The van der Waals surface area contributed by atoms with Crippen LogP contribution >= 0.6 is 16.5 Å². The molecule has 8 nitrogen and oxygen atoms in total. The number of nitrogens with zero attached hydrogens (tertiary/aromatic N) is 1. The fourth-order valence-electron chi connectivity index (χ4n) is 0.883. The molecule has 5 N–H and O–H groups in total. The van der Waals surface area contributed by atoms with Crippen LogP contribution in [-0.2, 0) is 9.13 Å². The van der Waals surface area contributed by atoms with Crippen LogP contribution < -0.4 is 0 Å². The zero-order valence-electron chi connectivity index (χ0n) is 8.33. The molecule has 0 aromatic carbocycles. The summed E-state index contributed by atoms with van der Waals surface area (Å²) in [7, 11) is -5.74. The van der Waals surface area contributed by atoms with E-state index in [0.29, 0.717) is 0 Å². The second kappa shape index (κ2) is 8.83. The van der Waals surface area contributed by atoms with Crippen LogP contribution in [0.1, 0.15) is 0 Å². The molecule has 0 saturated carbocycles. The molecule has 92 valence electrons. The van der Waals surface area contributed by atoms with Gasteiger partial charge in [-0.15, -0.1) is 19.6 Å². The Balaban J connectivity index is 0.000000274. The van der Waals surface area contributed by atoms with Gasteiger partial charge in [-0.3, -0.25) is 4.98 Å². The van der Waals surface area contributed by atoms with Crippen molar-refractivity contribution in [1.29, 1.82) is 0 Å². The molecule has 0 aliphatic heterocycles. The summed E-state index contributed by atoms with van der Waals surface area (Å²) in [6.07, 6.45) is 3.67. The lowest BCUT2D eigenvalue weighted by Gasteiger charge is -1.82. The van der Waals surface area contributed by atoms with Crippen molar-refractivity contribution in [3.8, 4) is 0 Å². The van der Waals surface area contributed by atoms with Gasteiger partial charge in [0.2, 0.25) is 0 Å². The maximum Gasteiger partial charge on any atom is 0.692 e. The highest BCUT2D eigenvalue weighted by atomic mass is 31.1. The van der Waals surface area contributed by atoms with E-state index >= 15 is 0 Å². The quantitative estimate of drug-likeness (QED) is 0.449. The van der Waals surface area contributed by atoms with Gasteiger partial charge in [0.15, 0.2) is 0 Å². The Bertz CT molecular complexity index is 438. The molecule has 0 spiro atoms. The largest absolute Gasteiger partial charge is 0.692 e. The van der Waals surface area contributed by atoms with Crippen LogP contribution in [0.4, 0.5) is 0 Å². The minimum atomic E-state index is -2.87. The molecule has 2 heterocycles. The van der Waals surface area contributed by atoms with E-state index in [1.807, 2.05) is 24.4 Å². The van der Waals surface area contributed by atoms with Gasteiger partial charge in [0, 0.05) is 21.5 Å². The number of rotatable bonds is 0. The topological polar surface area (TPSA) is 144 Å². The summed E-state index contributed by atoms with van der Waals surface area (Å²) in [4.78, 5) is 35.6. The molecule has 2 rings (SSSR count). The summed E-state index contributed by atoms with van der Waals surface area (Å²) in [5, 5.41) is 0. The monoisotopic (exact) mass is 280 g/mol. The predicted octanol–water partition coefficient (Wildman–Crippen LogP) is 0.820. The fraction of sp³-hybridized carbons (Fsp3) is 0. The summed E-state index contributed by atoms with van der Waals surface area (Å²) < 4.78 is 17.4. The molecule has 2 aromatic rings. The van der Waals surface area contributed by atoms with E-state index in [4.69, 9.17) is 28.7 Å². The van der Waals surface area contributed by atoms with Crippen molar-refractivity contribution < 1.29 is 28.7 Å². The van der Waals surface area contributed by atoms with E-state index in [0.717, 1.165) is 11.0 Å². The van der Waals surface area contributed by atoms with Crippen LogP contribution in [0.5, 0.6) is 0 Å². The Morgan fingerprint density at radius 2 is 1.59 bits per heavy atom. The molecule has 0 aliphatic rings. The second-order valence-electron chi connectivity index (χ2n) is 2.42. The van der Waals surface area contributed by atoms with Crippen LogP contribution in [0.2, 0.25) is 0 Å². The van der Waals surface area contributed by atoms with E-state index in [1.54, 1.807) is 6.20 Å². The van der Waals surface area contributed by atoms with E-state index in [-0.39, 0.29) is 0 Å². The summed E-state index contributed by atoms with van der Waals surface area (Å²) in [5.74, 6) is 0. The standard InChI is InChI=1S/C7H6N2.2HO3P/c1-2-6-7(8-4-1)3-5-9-6;2*1-4(2)3/h1-5,9H;2*(H-,1,2,3)/p+2. The number of aromatic nitrogens is 2. The lowest BCUT2D eigenvalue weighted by Crippen LogP contribution is -1.68. The number of hydrogen-bond acceptors (Lipinski definition) is 3. The zero-order chi connectivity index (χ0) is 13.3. The second-order valence-corrected chi connectivity index (χ2v) is 3.43. The van der Waals surface area contributed by atoms with Crippen molar-refractivity contribution in [1.82, 2.24) is 9.97 Å². The highest BCUT2D eigenvalue weighted by Gasteiger charge is 1.93. The first kappa shape index (κ1) is 15.7. The molecule has 0 bridgehead atoms. The van der Waals surface area contributed by atoms with Crippen molar-refractivity contribution >= 4 is 27.5 Å². The highest BCUT2D eigenvalue weighted by molar-refractivity contribution is 7.31. The van der Waals surface area contributed by atoms with Crippen LogP contribution in [-0.4, -0.2) is 29.5 Å². The van der Waals surface area contributed by atoms with Crippen LogP contribution in [0.15, 0.2) is 30.6 Å². The first-order chi connectivity index (χ1) is 7.93. The zero-order valence-corrected chi connectivity index (χ0v) is 10.1. The van der Waals surface area contributed by atoms with Gasteiger partial charge < -0.3 is 4.98 Å². The molecule has 2 aromatic heterocycles. The molecule has 0 aliphatic carbocycles. The summed E-state index contributed by atoms with van der Waals surface area (Å²) in [6, 6.07) is 5.87. The fourth-order valence-corrected chi connectivity index (χ4v) is 0.883. The van der Waals surface area contributed by atoms with Crippen LogP contribution in [0.3, 0.4) is 0 Å². The minimum Gasteiger partial charge on any atom is -0.360 e. The molecule has 0 radical (unpaired) electrons. The van der Waals surface area contributed by atoms with E-state index in [9.17, 15) is 0 Å². The molecular weight excluding hydrogens is 270 g/mol. The minimum absolute atomic E-state index is 1.03. The molecular formula is C7H10N2O6P2+2. The van der Waals surface area contributed by atoms with Crippen molar-refractivity contribution in [3.63, 3.8) is 0 Å². The Kier molecular flexibility index (Phi) is 8.17. The number of hydrogen-bond donors (Lipinski definition) is 5. The Morgan fingerprint density at radius 1 is 1.06 bits per heavy atom. The third-order valence-electron chi connectivity index (χ3n) is 1.32. The lowest BCUT2D eigenvalue weighted by molar-refractivity contribution is 0.403. The number of pyridine rings is 1. The van der Waals surface area contributed by atoms with E-state index < -0.39 is 16.5 Å². The van der Waals surface area contributed by atoms with Gasteiger partial charge >= 0.3 is 16.5 Å². The Morgan fingerprint density at radius 3 is 2.06 bits per heavy atom. The number of fused-ring (bicyclic) bond motifs is 1. The molecule has 17 heavy (non-hydrogen) atoms. The average molecular weight is 280 g/mol. The third kappa shape index (κ3) is 9.65. The number of nitrogens with one attached hydrogen (secondary N) is 1. The van der Waals surface area contributed by atoms with Crippen molar-refractivity contribution in [2.45, 2.75) is 0 Å². The van der Waals surface area contributed by atoms with E-state index in [2.05, 4.69) is 9.97 Å². The van der Waals surface area contributed by atoms with Gasteiger partial charge in [-0.1, -0.05) is 0 Å². The van der Waals surface area contributed by atoms with Gasteiger partial charge in [-0.2, -0.15) is 0 Å². The van der Waals surface area contributed by atoms with Crippen molar-refractivity contribution in [2.75, 3.05) is 0 Å². The number of H-pyrrole nitrogens is 1. The highest BCUT2D eigenvalue weighted by Crippen LogP contribution is 2.05. The molecule has 0 unspecified atom stereocenters. The summed E-state index contributed by atoms with van der Waals surface area (Å²) in [6.45, 7) is 0. The lowest BCUT2D eigenvalue weighted by atomic mass is 10.4. The molecule has 0 amide bonds. The number of aromatic amines is 1. The SMILES string of the molecule is O=[P+](O)O.O=[P+](O)O.c1cnc2cc[nH]c2c1. The predicted molar refractivity (Wildman–Crippen MR) is 60.2 cm³/mol. The summed E-state index contributed by atoms with van der Waals surface area (Å²) >= 11 is 0. The van der Waals surface area contributed by atoms with E-state index in [1.165, 1.54) is 0 Å². The molecule has 0 saturated heterocycles. The average Bonchev–Trinajstić information content (AvgIpc) is 2.62. The van der Waals surface area contributed by atoms with Crippen LogP contribution in [0, 0.1) is 0 Å². The first-order valence-electron chi connectivity index (χ1n) is 4.01. The molecule has 10 heteroatoms. The van der Waals surface area contributed by atoms with Gasteiger partial charge in [0.1, 0.15) is 0 Å². The third-order valence-corrected chi connectivity index (χ3v) is 1.32.